The molecule has 0 saturated carbocycles. The Kier molecular flexibility index (Phi) is 4.03. The highest BCUT2D eigenvalue weighted by Gasteiger charge is 2.35. The van der Waals surface area contributed by atoms with Gasteiger partial charge in [0.25, 0.3) is 0 Å². The summed E-state index contributed by atoms with van der Waals surface area (Å²) in [4.78, 5) is 0.934. The number of rotatable bonds is 2. The average molecular weight is 350 g/mol. The molecular weight excluding hydrogens is 339 g/mol. The summed E-state index contributed by atoms with van der Waals surface area (Å²) >= 11 is 4.54. The fraction of sp³-hybridized carbons (Fsp3) is 0.231. The van der Waals surface area contributed by atoms with E-state index in [9.17, 15) is 13.2 Å². The zero-order valence-corrected chi connectivity index (χ0v) is 12.4. The number of alkyl halides is 3. The second-order valence-corrected chi connectivity index (χ2v) is 6.18. The lowest BCUT2D eigenvalue weighted by atomic mass is 9.95. The number of nitrogens with two attached hydrogens (primary N) is 1. The predicted molar refractivity (Wildman–Crippen MR) is 74.2 cm³/mol. The molecule has 6 heteroatoms. The van der Waals surface area contributed by atoms with Crippen LogP contribution >= 0.6 is 27.3 Å². The molecule has 2 aromatic rings. The fourth-order valence-corrected chi connectivity index (χ4v) is 3.04. The first-order valence-corrected chi connectivity index (χ1v) is 7.14. The summed E-state index contributed by atoms with van der Waals surface area (Å²) in [5.74, 6) is 0. The first kappa shape index (κ1) is 14.6. The molecule has 0 radical (unpaired) electrons. The van der Waals surface area contributed by atoms with Gasteiger partial charge in [0.05, 0.1) is 11.6 Å². The highest BCUT2D eigenvalue weighted by molar-refractivity contribution is 9.10. The topological polar surface area (TPSA) is 26.0 Å². The van der Waals surface area contributed by atoms with Crippen LogP contribution in [0.25, 0.3) is 0 Å². The SMILES string of the molecule is Cc1sccc1C(N)c1ccc(Br)cc1C(F)(F)F. The summed E-state index contributed by atoms with van der Waals surface area (Å²) in [6.07, 6.45) is -4.42. The molecular formula is C13H11BrF3NS. The van der Waals surface area contributed by atoms with Crippen molar-refractivity contribution in [2.45, 2.75) is 19.1 Å². The summed E-state index contributed by atoms with van der Waals surface area (Å²) in [6, 6.07) is 5.07. The summed E-state index contributed by atoms with van der Waals surface area (Å²) in [7, 11) is 0. The quantitative estimate of drug-likeness (QED) is 0.820. The maximum absolute atomic E-state index is 13.1. The number of halogens is 4. The zero-order valence-electron chi connectivity index (χ0n) is 9.96. The minimum absolute atomic E-state index is 0.0946. The lowest BCUT2D eigenvalue weighted by Gasteiger charge is -2.19. The van der Waals surface area contributed by atoms with Crippen molar-refractivity contribution in [1.82, 2.24) is 0 Å². The largest absolute Gasteiger partial charge is 0.416 e. The van der Waals surface area contributed by atoms with E-state index in [-0.39, 0.29) is 5.56 Å². The Balaban J connectivity index is 2.54. The fourth-order valence-electron chi connectivity index (χ4n) is 1.93. The number of hydrogen-bond acceptors (Lipinski definition) is 2. The van der Waals surface area contributed by atoms with Crippen LogP contribution in [0, 0.1) is 6.92 Å². The van der Waals surface area contributed by atoms with Crippen LogP contribution < -0.4 is 5.73 Å². The Morgan fingerprint density at radius 2 is 1.89 bits per heavy atom. The second-order valence-electron chi connectivity index (χ2n) is 4.14. The lowest BCUT2D eigenvalue weighted by Crippen LogP contribution is -2.18. The van der Waals surface area contributed by atoms with Gasteiger partial charge in [-0.2, -0.15) is 13.2 Å². The molecule has 19 heavy (non-hydrogen) atoms. The first-order valence-electron chi connectivity index (χ1n) is 5.47. The Hall–Kier alpha value is -0.850. The highest BCUT2D eigenvalue weighted by Crippen LogP contribution is 2.38. The van der Waals surface area contributed by atoms with Crippen LogP contribution in [0.2, 0.25) is 0 Å². The molecule has 0 aliphatic heterocycles. The molecule has 0 bridgehead atoms. The van der Waals surface area contributed by atoms with E-state index in [1.807, 2.05) is 12.3 Å². The molecule has 1 unspecified atom stereocenters. The van der Waals surface area contributed by atoms with E-state index in [2.05, 4.69) is 15.9 Å². The molecule has 0 spiro atoms. The number of benzene rings is 1. The van der Waals surface area contributed by atoms with Gasteiger partial charge in [0.2, 0.25) is 0 Å². The molecule has 0 aliphatic rings. The smallest absolute Gasteiger partial charge is 0.320 e. The lowest BCUT2D eigenvalue weighted by molar-refractivity contribution is -0.138. The highest BCUT2D eigenvalue weighted by atomic mass is 79.9. The molecule has 1 nitrogen and oxygen atoms in total. The summed E-state index contributed by atoms with van der Waals surface area (Å²) in [5, 5.41) is 1.83. The van der Waals surface area contributed by atoms with Gasteiger partial charge in [-0.15, -0.1) is 11.3 Å². The van der Waals surface area contributed by atoms with Crippen LogP contribution in [0.1, 0.15) is 27.6 Å². The Morgan fingerprint density at radius 3 is 2.42 bits per heavy atom. The van der Waals surface area contributed by atoms with Gasteiger partial charge in [0.1, 0.15) is 0 Å². The molecule has 102 valence electrons. The van der Waals surface area contributed by atoms with E-state index in [0.29, 0.717) is 4.47 Å². The molecule has 0 amide bonds. The van der Waals surface area contributed by atoms with Gasteiger partial charge in [0.15, 0.2) is 0 Å². The number of thiophene rings is 1. The van der Waals surface area contributed by atoms with E-state index < -0.39 is 17.8 Å². The average Bonchev–Trinajstić information content (AvgIpc) is 2.73. The minimum Gasteiger partial charge on any atom is -0.320 e. The van der Waals surface area contributed by atoms with Gasteiger partial charge in [-0.1, -0.05) is 22.0 Å². The molecule has 0 fully saturated rings. The molecule has 1 heterocycles. The van der Waals surface area contributed by atoms with Crippen molar-refractivity contribution in [3.8, 4) is 0 Å². The molecule has 1 aromatic carbocycles. The van der Waals surface area contributed by atoms with Crippen LogP contribution in [0.3, 0.4) is 0 Å². The van der Waals surface area contributed by atoms with Crippen molar-refractivity contribution in [2.75, 3.05) is 0 Å². The number of hydrogen-bond donors (Lipinski definition) is 1. The normalized spacial score (nSPS) is 13.6. The Bertz CT molecular complexity index is 592. The third-order valence-electron chi connectivity index (χ3n) is 2.89. The predicted octanol–water partition coefficient (Wildman–Crippen LogP) is 4.89. The molecule has 1 aromatic heterocycles. The summed E-state index contributed by atoms with van der Waals surface area (Å²) in [6.45, 7) is 1.85. The van der Waals surface area contributed by atoms with E-state index in [1.54, 1.807) is 12.1 Å². The van der Waals surface area contributed by atoms with Crippen LogP contribution in [-0.2, 0) is 6.18 Å². The first-order chi connectivity index (χ1) is 8.80. The van der Waals surface area contributed by atoms with Crippen LogP contribution in [-0.4, -0.2) is 0 Å². The number of aryl methyl sites for hydroxylation is 1. The molecule has 2 N–H and O–H groups in total. The van der Waals surface area contributed by atoms with Gasteiger partial charge in [-0.3, -0.25) is 0 Å². The van der Waals surface area contributed by atoms with E-state index in [0.717, 1.165) is 16.5 Å². The van der Waals surface area contributed by atoms with Crippen molar-refractivity contribution in [3.63, 3.8) is 0 Å². The Labute approximate surface area is 121 Å². The summed E-state index contributed by atoms with van der Waals surface area (Å²) < 4.78 is 39.6. The summed E-state index contributed by atoms with van der Waals surface area (Å²) in [5.41, 5.74) is 6.13. The van der Waals surface area contributed by atoms with Crippen molar-refractivity contribution in [3.05, 3.63) is 55.7 Å². The maximum Gasteiger partial charge on any atom is 0.416 e. The minimum atomic E-state index is -4.42. The second kappa shape index (κ2) is 5.26. The van der Waals surface area contributed by atoms with Gasteiger partial charge in [0, 0.05) is 9.35 Å². The standard InChI is InChI=1S/C13H11BrF3NS/c1-7-9(4-5-19-7)12(18)10-3-2-8(14)6-11(10)13(15,16)17/h2-6,12H,18H2,1H3. The third kappa shape index (κ3) is 3.01. The molecule has 2 rings (SSSR count). The van der Waals surface area contributed by atoms with Crippen LogP contribution in [0.5, 0.6) is 0 Å². The molecule has 0 saturated heterocycles. The van der Waals surface area contributed by atoms with Gasteiger partial charge in [-0.25, -0.2) is 0 Å². The van der Waals surface area contributed by atoms with E-state index in [4.69, 9.17) is 5.73 Å². The zero-order chi connectivity index (χ0) is 14.2. The third-order valence-corrected chi connectivity index (χ3v) is 4.24. The van der Waals surface area contributed by atoms with Crippen molar-refractivity contribution in [1.29, 1.82) is 0 Å². The maximum atomic E-state index is 13.1. The van der Waals surface area contributed by atoms with Gasteiger partial charge in [-0.05, 0) is 41.6 Å². The van der Waals surface area contributed by atoms with Gasteiger partial charge < -0.3 is 5.73 Å². The van der Waals surface area contributed by atoms with Crippen LogP contribution in [0.15, 0.2) is 34.1 Å². The van der Waals surface area contributed by atoms with E-state index >= 15 is 0 Å². The van der Waals surface area contributed by atoms with Crippen molar-refractivity contribution < 1.29 is 13.2 Å². The van der Waals surface area contributed by atoms with Crippen molar-refractivity contribution in [2.24, 2.45) is 5.73 Å². The van der Waals surface area contributed by atoms with Gasteiger partial charge >= 0.3 is 6.18 Å². The monoisotopic (exact) mass is 349 g/mol. The van der Waals surface area contributed by atoms with Crippen LogP contribution in [0.4, 0.5) is 13.2 Å². The van der Waals surface area contributed by atoms with E-state index in [1.165, 1.54) is 17.4 Å². The molecule has 0 aliphatic carbocycles. The van der Waals surface area contributed by atoms with Crippen molar-refractivity contribution >= 4 is 27.3 Å². The molecule has 1 atom stereocenters. The Morgan fingerprint density at radius 1 is 1.21 bits per heavy atom.